The monoisotopic (exact) mass is 301 g/mol. The van der Waals surface area contributed by atoms with Gasteiger partial charge in [0.25, 0.3) is 5.91 Å². The molecular weight excluding hydrogens is 286 g/mol. The van der Waals surface area contributed by atoms with Crippen molar-refractivity contribution in [1.82, 2.24) is 4.72 Å². The summed E-state index contributed by atoms with van der Waals surface area (Å²) in [5.41, 5.74) is 0.440. The number of carbonyl (C=O) groups excluding carboxylic acids is 2. The highest BCUT2D eigenvalue weighted by atomic mass is 32.2. The van der Waals surface area contributed by atoms with Crippen molar-refractivity contribution >= 4 is 21.7 Å². The number of carbonyl (C=O) groups is 2. The van der Waals surface area contributed by atoms with Crippen molar-refractivity contribution in [1.29, 1.82) is 0 Å². The van der Waals surface area contributed by atoms with E-state index in [4.69, 9.17) is 9.47 Å². The second kappa shape index (κ2) is 6.38. The molecule has 20 heavy (non-hydrogen) atoms. The van der Waals surface area contributed by atoms with Crippen LogP contribution in [-0.4, -0.2) is 40.1 Å². The van der Waals surface area contributed by atoms with E-state index in [9.17, 15) is 18.0 Å². The Bertz CT molecular complexity index is 623. The third-order valence-corrected chi connectivity index (χ3v) is 2.83. The molecule has 0 aliphatic carbocycles. The number of rotatable bonds is 6. The number of benzene rings is 1. The first kappa shape index (κ1) is 16.0. The molecule has 110 valence electrons. The van der Waals surface area contributed by atoms with Crippen molar-refractivity contribution in [3.63, 3.8) is 0 Å². The maximum atomic E-state index is 11.3. The van der Waals surface area contributed by atoms with Crippen molar-refractivity contribution in [2.24, 2.45) is 0 Å². The van der Waals surface area contributed by atoms with E-state index in [1.54, 1.807) is 4.72 Å². The molecule has 0 aliphatic rings. The molecule has 0 saturated heterocycles. The van der Waals surface area contributed by atoms with Gasteiger partial charge in [-0.15, -0.1) is 0 Å². The van der Waals surface area contributed by atoms with Crippen LogP contribution in [-0.2, 0) is 14.8 Å². The fourth-order valence-electron chi connectivity index (χ4n) is 1.39. The molecule has 0 radical (unpaired) electrons. The summed E-state index contributed by atoms with van der Waals surface area (Å²) >= 11 is 0. The van der Waals surface area contributed by atoms with Gasteiger partial charge >= 0.3 is 0 Å². The quantitative estimate of drug-likeness (QED) is 0.761. The molecular formula is C12H15NO6S. The van der Waals surface area contributed by atoms with E-state index >= 15 is 0 Å². The number of Topliss-reactive ketones (excluding diaryl/α,β-unsaturated/α-hetero) is 1. The van der Waals surface area contributed by atoms with Gasteiger partial charge in [-0.05, 0) is 25.1 Å². The van der Waals surface area contributed by atoms with Crippen LogP contribution in [0.25, 0.3) is 0 Å². The molecule has 7 nitrogen and oxygen atoms in total. The number of sulfonamides is 1. The Morgan fingerprint density at radius 1 is 1.25 bits per heavy atom. The molecule has 0 bridgehead atoms. The predicted molar refractivity (Wildman–Crippen MR) is 71.5 cm³/mol. The van der Waals surface area contributed by atoms with Crippen LogP contribution in [0.15, 0.2) is 18.2 Å². The van der Waals surface area contributed by atoms with Gasteiger partial charge in [-0.2, -0.15) is 0 Å². The molecule has 1 N–H and O–H groups in total. The first-order valence-corrected chi connectivity index (χ1v) is 7.44. The average Bonchev–Trinajstić information content (AvgIpc) is 2.33. The molecule has 1 amide bonds. The highest BCUT2D eigenvalue weighted by molar-refractivity contribution is 7.89. The molecule has 0 atom stereocenters. The van der Waals surface area contributed by atoms with Gasteiger partial charge in [0.1, 0.15) is 0 Å². The van der Waals surface area contributed by atoms with Crippen LogP contribution in [0.3, 0.4) is 0 Å². The molecule has 0 spiro atoms. The number of hydrogen-bond donors (Lipinski definition) is 1. The predicted octanol–water partition coefficient (Wildman–Crippen LogP) is 0.352. The van der Waals surface area contributed by atoms with Crippen LogP contribution < -0.4 is 14.2 Å². The Labute approximate surface area is 116 Å². The summed E-state index contributed by atoms with van der Waals surface area (Å²) in [4.78, 5) is 22.5. The second-order valence-electron chi connectivity index (χ2n) is 4.01. The van der Waals surface area contributed by atoms with Crippen LogP contribution in [0.5, 0.6) is 11.5 Å². The molecule has 0 heterocycles. The summed E-state index contributed by atoms with van der Waals surface area (Å²) in [6.45, 7) is 0.928. The van der Waals surface area contributed by atoms with Crippen LogP contribution >= 0.6 is 0 Å². The summed E-state index contributed by atoms with van der Waals surface area (Å²) in [5.74, 6) is -0.416. The van der Waals surface area contributed by atoms with Gasteiger partial charge in [0.2, 0.25) is 10.0 Å². The Hall–Kier alpha value is -2.09. The van der Waals surface area contributed by atoms with Crippen LogP contribution in [0, 0.1) is 0 Å². The third-order valence-electron chi connectivity index (χ3n) is 2.23. The number of amides is 1. The van der Waals surface area contributed by atoms with Crippen molar-refractivity contribution in [2.75, 3.05) is 20.0 Å². The topological polar surface area (TPSA) is 98.8 Å². The standard InChI is InChI=1S/C12H15NO6S/c1-8(14)9-4-5-10(11(6-9)18-2)19-7-12(15)13-20(3,16)17/h4-6H,7H2,1-3H3,(H,13,15). The van der Waals surface area contributed by atoms with Gasteiger partial charge in [0, 0.05) is 5.56 Å². The van der Waals surface area contributed by atoms with Gasteiger partial charge < -0.3 is 9.47 Å². The molecule has 1 aromatic rings. The van der Waals surface area contributed by atoms with E-state index in [1.807, 2.05) is 0 Å². The summed E-state index contributed by atoms with van der Waals surface area (Å²) in [7, 11) is -2.23. The van der Waals surface area contributed by atoms with Crippen molar-refractivity contribution < 1.29 is 27.5 Å². The summed E-state index contributed by atoms with van der Waals surface area (Å²) in [5, 5.41) is 0. The number of methoxy groups -OCH3 is 1. The highest BCUT2D eigenvalue weighted by Crippen LogP contribution is 2.28. The zero-order chi connectivity index (χ0) is 15.3. The molecule has 1 aromatic carbocycles. The normalized spacial score (nSPS) is 10.8. The lowest BCUT2D eigenvalue weighted by Crippen LogP contribution is -2.33. The minimum atomic E-state index is -3.62. The lowest BCUT2D eigenvalue weighted by Gasteiger charge is -2.11. The lowest BCUT2D eigenvalue weighted by atomic mass is 10.1. The lowest BCUT2D eigenvalue weighted by molar-refractivity contribution is -0.121. The molecule has 0 saturated carbocycles. The minimum Gasteiger partial charge on any atom is -0.493 e. The maximum Gasteiger partial charge on any atom is 0.271 e. The summed E-state index contributed by atoms with van der Waals surface area (Å²) < 4.78 is 33.7. The van der Waals surface area contributed by atoms with E-state index in [0.717, 1.165) is 6.26 Å². The SMILES string of the molecule is COc1cc(C(C)=O)ccc1OCC(=O)NS(C)(=O)=O. The Morgan fingerprint density at radius 3 is 2.40 bits per heavy atom. The van der Waals surface area contributed by atoms with E-state index in [-0.39, 0.29) is 17.3 Å². The Kier molecular flexibility index (Phi) is 5.09. The number of nitrogens with one attached hydrogen (secondary N) is 1. The summed E-state index contributed by atoms with van der Waals surface area (Å²) in [6.07, 6.45) is 0.868. The molecule has 0 aromatic heterocycles. The van der Waals surface area contributed by atoms with Crippen LogP contribution in [0.2, 0.25) is 0 Å². The average molecular weight is 301 g/mol. The molecule has 1 rings (SSSR count). The van der Waals surface area contributed by atoms with E-state index in [0.29, 0.717) is 5.56 Å². The van der Waals surface area contributed by atoms with E-state index < -0.39 is 22.5 Å². The zero-order valence-corrected chi connectivity index (χ0v) is 12.1. The van der Waals surface area contributed by atoms with Gasteiger partial charge in [-0.25, -0.2) is 8.42 Å². The third kappa shape index (κ3) is 4.88. The molecule has 0 fully saturated rings. The molecule has 0 aliphatic heterocycles. The van der Waals surface area contributed by atoms with Crippen LogP contribution in [0.4, 0.5) is 0 Å². The molecule has 0 unspecified atom stereocenters. The highest BCUT2D eigenvalue weighted by Gasteiger charge is 2.12. The Morgan fingerprint density at radius 2 is 1.90 bits per heavy atom. The zero-order valence-electron chi connectivity index (χ0n) is 11.3. The van der Waals surface area contributed by atoms with Gasteiger partial charge in [-0.1, -0.05) is 0 Å². The fourth-order valence-corrected chi connectivity index (χ4v) is 1.86. The molecule has 8 heteroatoms. The van der Waals surface area contributed by atoms with Crippen molar-refractivity contribution in [3.8, 4) is 11.5 Å². The Balaban J connectivity index is 2.78. The summed E-state index contributed by atoms with van der Waals surface area (Å²) in [6, 6.07) is 4.48. The first-order valence-electron chi connectivity index (χ1n) is 5.55. The van der Waals surface area contributed by atoms with Crippen molar-refractivity contribution in [2.45, 2.75) is 6.92 Å². The largest absolute Gasteiger partial charge is 0.493 e. The maximum absolute atomic E-state index is 11.3. The van der Waals surface area contributed by atoms with Crippen molar-refractivity contribution in [3.05, 3.63) is 23.8 Å². The van der Waals surface area contributed by atoms with Crippen LogP contribution in [0.1, 0.15) is 17.3 Å². The smallest absolute Gasteiger partial charge is 0.271 e. The van der Waals surface area contributed by atoms with E-state index in [1.165, 1.54) is 32.2 Å². The number of ether oxygens (including phenoxy) is 2. The van der Waals surface area contributed by atoms with Gasteiger partial charge in [0.15, 0.2) is 23.9 Å². The number of hydrogen-bond acceptors (Lipinski definition) is 6. The minimum absolute atomic E-state index is 0.135. The number of ketones is 1. The van der Waals surface area contributed by atoms with Gasteiger partial charge in [-0.3, -0.25) is 14.3 Å². The van der Waals surface area contributed by atoms with E-state index in [2.05, 4.69) is 0 Å². The first-order chi connectivity index (χ1) is 9.23. The fraction of sp³-hybridized carbons (Fsp3) is 0.333. The van der Waals surface area contributed by atoms with Gasteiger partial charge in [0.05, 0.1) is 13.4 Å². The second-order valence-corrected chi connectivity index (χ2v) is 5.76.